The van der Waals surface area contributed by atoms with Crippen molar-refractivity contribution >= 4 is 16.9 Å². The van der Waals surface area contributed by atoms with Crippen LogP contribution in [0.1, 0.15) is 10.4 Å². The Kier molecular flexibility index (Phi) is 7.05. The molecule has 1 amide bonds. The van der Waals surface area contributed by atoms with Crippen LogP contribution in [0.15, 0.2) is 43.5 Å². The third-order valence-corrected chi connectivity index (χ3v) is 4.62. The van der Waals surface area contributed by atoms with E-state index in [2.05, 4.69) is 43.5 Å². The van der Waals surface area contributed by atoms with Crippen LogP contribution in [0.5, 0.6) is 18.0 Å². The molecule has 2 aromatic heterocycles. The van der Waals surface area contributed by atoms with Gasteiger partial charge in [-0.2, -0.15) is 15.4 Å². The first kappa shape index (κ1) is 22.1. The number of aromatic amines is 1. The smallest absolute Gasteiger partial charge is 0.326 e. The number of nitrogens with zero attached hydrogens (tertiary/aromatic N) is 6. The van der Waals surface area contributed by atoms with E-state index in [0.717, 1.165) is 0 Å². The summed E-state index contributed by atoms with van der Waals surface area (Å²) < 4.78 is 22.2. The van der Waals surface area contributed by atoms with Gasteiger partial charge in [0.15, 0.2) is 0 Å². The minimum absolute atomic E-state index is 0.0201. The Labute approximate surface area is 189 Å². The first-order chi connectivity index (χ1) is 16.2. The average Bonchev–Trinajstić information content (AvgIpc) is 3.32. The van der Waals surface area contributed by atoms with Gasteiger partial charge in [0.05, 0.1) is 13.2 Å². The Morgan fingerprint density at radius 1 is 1.06 bits per heavy atom. The number of ether oxygens (including phenoxy) is 4. The monoisotopic (exact) mass is 453 g/mol. The second-order valence-electron chi connectivity index (χ2n) is 6.96. The molecule has 0 radical (unpaired) electrons. The number of H-pyrrole nitrogens is 1. The van der Waals surface area contributed by atoms with E-state index in [1.54, 1.807) is 35.3 Å². The lowest BCUT2D eigenvalue weighted by atomic mass is 10.1. The van der Waals surface area contributed by atoms with Gasteiger partial charge in [-0.15, -0.1) is 15.0 Å². The summed E-state index contributed by atoms with van der Waals surface area (Å²) in [5.41, 5.74) is 1.86. The molecular formula is C21H23N7O5. The number of amides is 1. The third-order valence-electron chi connectivity index (χ3n) is 4.62. The second-order valence-corrected chi connectivity index (χ2v) is 6.96. The number of morpholine rings is 1. The summed E-state index contributed by atoms with van der Waals surface area (Å²) in [4.78, 5) is 27.0. The normalized spacial score (nSPS) is 15.8. The van der Waals surface area contributed by atoms with E-state index in [1.165, 1.54) is 0 Å². The van der Waals surface area contributed by atoms with Crippen molar-refractivity contribution in [1.29, 1.82) is 0 Å². The van der Waals surface area contributed by atoms with Crippen molar-refractivity contribution in [3.8, 4) is 18.0 Å². The highest BCUT2D eigenvalue weighted by molar-refractivity contribution is 5.97. The number of hydrogen-bond acceptors (Lipinski definition) is 10. The molecule has 0 spiro atoms. The van der Waals surface area contributed by atoms with Gasteiger partial charge in [0.2, 0.25) is 0 Å². The molecule has 0 saturated carbocycles. The van der Waals surface area contributed by atoms with Gasteiger partial charge in [0.1, 0.15) is 37.0 Å². The molecular weight excluding hydrogens is 430 g/mol. The molecule has 1 fully saturated rings. The second kappa shape index (κ2) is 10.5. The molecule has 4 rings (SSSR count). The van der Waals surface area contributed by atoms with E-state index in [0.29, 0.717) is 36.3 Å². The van der Waals surface area contributed by atoms with Gasteiger partial charge in [-0.25, -0.2) is 0 Å². The van der Waals surface area contributed by atoms with E-state index in [4.69, 9.17) is 18.9 Å². The number of fused-ring (bicyclic) bond motifs is 1. The van der Waals surface area contributed by atoms with Crippen LogP contribution in [0.3, 0.4) is 0 Å². The van der Waals surface area contributed by atoms with Gasteiger partial charge >= 0.3 is 18.0 Å². The Bertz CT molecular complexity index is 1100. The molecule has 3 heterocycles. The van der Waals surface area contributed by atoms with Crippen molar-refractivity contribution in [2.24, 2.45) is 0 Å². The van der Waals surface area contributed by atoms with Gasteiger partial charge in [-0.05, 0) is 18.2 Å². The molecule has 172 valence electrons. The fraction of sp³-hybridized carbons (Fsp3) is 0.333. The predicted molar refractivity (Wildman–Crippen MR) is 116 cm³/mol. The number of aromatic nitrogens is 6. The summed E-state index contributed by atoms with van der Waals surface area (Å²) >= 11 is 0. The van der Waals surface area contributed by atoms with Crippen molar-refractivity contribution < 1.29 is 23.7 Å². The summed E-state index contributed by atoms with van der Waals surface area (Å²) in [6.07, 6.45) is 2.76. The highest BCUT2D eigenvalue weighted by atomic mass is 16.6. The molecule has 12 heteroatoms. The maximum Gasteiger partial charge on any atom is 0.326 e. The summed E-state index contributed by atoms with van der Waals surface area (Å²) in [5, 5.41) is 10.6. The van der Waals surface area contributed by atoms with Gasteiger partial charge in [-0.3, -0.25) is 4.79 Å². The number of rotatable bonds is 10. The Hall–Kier alpha value is -4.06. The van der Waals surface area contributed by atoms with Gasteiger partial charge in [-0.1, -0.05) is 25.3 Å². The Morgan fingerprint density at radius 3 is 2.42 bits per heavy atom. The van der Waals surface area contributed by atoms with Crippen LogP contribution in [0.25, 0.3) is 11.0 Å². The standard InChI is InChI=1S/C21H23N7O5/c1-3-8-31-19-22-20(32-9-4-2)24-21(23-19)33-13-15-12-28(7-10-30-15)18(29)14-5-6-16-17(11-14)26-27-25-16/h3-6,11,15H,1-2,7-10,12-13H2,(H,25,26,27). The van der Waals surface area contributed by atoms with Crippen LogP contribution in [-0.4, -0.2) is 86.8 Å². The zero-order valence-corrected chi connectivity index (χ0v) is 17.8. The lowest BCUT2D eigenvalue weighted by Crippen LogP contribution is -2.47. The lowest BCUT2D eigenvalue weighted by Gasteiger charge is -2.32. The van der Waals surface area contributed by atoms with Crippen molar-refractivity contribution in [3.05, 3.63) is 49.1 Å². The molecule has 0 aliphatic carbocycles. The molecule has 1 aliphatic heterocycles. The first-order valence-corrected chi connectivity index (χ1v) is 10.2. The number of carbonyl (C=O) groups excluding carboxylic acids is 1. The van der Waals surface area contributed by atoms with E-state index < -0.39 is 0 Å². The first-order valence-electron chi connectivity index (χ1n) is 10.2. The molecule has 1 saturated heterocycles. The Balaban J connectivity index is 1.39. The third kappa shape index (κ3) is 5.60. The van der Waals surface area contributed by atoms with E-state index in [-0.39, 0.29) is 49.9 Å². The quantitative estimate of drug-likeness (QED) is 0.446. The van der Waals surface area contributed by atoms with Crippen LogP contribution in [-0.2, 0) is 4.74 Å². The van der Waals surface area contributed by atoms with Gasteiger partial charge in [0, 0.05) is 12.1 Å². The van der Waals surface area contributed by atoms with Crippen molar-refractivity contribution in [2.45, 2.75) is 6.10 Å². The molecule has 12 nitrogen and oxygen atoms in total. The molecule has 1 unspecified atom stereocenters. The molecule has 33 heavy (non-hydrogen) atoms. The summed E-state index contributed by atoms with van der Waals surface area (Å²) in [7, 11) is 0. The summed E-state index contributed by atoms with van der Waals surface area (Å²) in [6, 6.07) is 5.31. The van der Waals surface area contributed by atoms with Crippen LogP contribution in [0.4, 0.5) is 0 Å². The summed E-state index contributed by atoms with van der Waals surface area (Å²) in [5.74, 6) is -0.117. The van der Waals surface area contributed by atoms with Gasteiger partial charge < -0.3 is 23.8 Å². The maximum atomic E-state index is 13.0. The molecule has 1 atom stereocenters. The van der Waals surface area contributed by atoms with Crippen LogP contribution < -0.4 is 14.2 Å². The molecule has 1 aliphatic rings. The number of carbonyl (C=O) groups is 1. The van der Waals surface area contributed by atoms with Crippen LogP contribution in [0, 0.1) is 0 Å². The van der Waals surface area contributed by atoms with E-state index in [9.17, 15) is 4.79 Å². The maximum absolute atomic E-state index is 13.0. The fourth-order valence-corrected chi connectivity index (χ4v) is 3.11. The molecule has 1 N–H and O–H groups in total. The molecule has 3 aromatic rings. The highest BCUT2D eigenvalue weighted by Crippen LogP contribution is 2.18. The van der Waals surface area contributed by atoms with Crippen molar-refractivity contribution in [1.82, 2.24) is 35.3 Å². The fourth-order valence-electron chi connectivity index (χ4n) is 3.11. The lowest BCUT2D eigenvalue weighted by molar-refractivity contribution is -0.0415. The van der Waals surface area contributed by atoms with Crippen molar-refractivity contribution in [3.63, 3.8) is 0 Å². The van der Waals surface area contributed by atoms with E-state index >= 15 is 0 Å². The molecule has 0 bridgehead atoms. The zero-order chi connectivity index (χ0) is 23.0. The number of nitrogens with one attached hydrogen (secondary N) is 1. The largest absolute Gasteiger partial charge is 0.460 e. The molecule has 1 aromatic carbocycles. The average molecular weight is 453 g/mol. The number of hydrogen-bond donors (Lipinski definition) is 1. The topological polar surface area (TPSA) is 137 Å². The van der Waals surface area contributed by atoms with Crippen LogP contribution >= 0.6 is 0 Å². The highest BCUT2D eigenvalue weighted by Gasteiger charge is 2.26. The SMILES string of the molecule is C=CCOc1nc(OCC=C)nc(OCC2CN(C(=O)c3ccc4n[nH]nc4c3)CCO2)n1. The van der Waals surface area contributed by atoms with Gasteiger partial charge in [0.25, 0.3) is 5.91 Å². The summed E-state index contributed by atoms with van der Waals surface area (Å²) in [6.45, 7) is 8.94. The van der Waals surface area contributed by atoms with E-state index in [1.807, 2.05) is 0 Å². The zero-order valence-electron chi connectivity index (χ0n) is 17.8. The number of benzene rings is 1. The Morgan fingerprint density at radius 2 is 1.73 bits per heavy atom. The minimum atomic E-state index is -0.370. The predicted octanol–water partition coefficient (Wildman–Crippen LogP) is 1.19. The minimum Gasteiger partial charge on any atom is -0.460 e. The van der Waals surface area contributed by atoms with Crippen LogP contribution in [0.2, 0.25) is 0 Å². The van der Waals surface area contributed by atoms with Crippen molar-refractivity contribution in [2.75, 3.05) is 39.5 Å².